The van der Waals surface area contributed by atoms with Gasteiger partial charge in [0.2, 0.25) is 6.79 Å². The maximum Gasteiger partial charge on any atom is 0.231 e. The minimum Gasteiger partial charge on any atom is -0.454 e. The lowest BCUT2D eigenvalue weighted by atomic mass is 10.1. The van der Waals surface area contributed by atoms with Crippen molar-refractivity contribution in [3.63, 3.8) is 0 Å². The number of nitrogens with zero attached hydrogens (tertiary/aromatic N) is 5. The third-order valence-electron chi connectivity index (χ3n) is 5.57. The largest absolute Gasteiger partial charge is 0.454 e. The molecule has 0 aliphatic carbocycles. The first kappa shape index (κ1) is 19.3. The summed E-state index contributed by atoms with van der Waals surface area (Å²) in [5.41, 5.74) is 5.03. The molecule has 2 aromatic heterocycles. The van der Waals surface area contributed by atoms with Gasteiger partial charge in [0.1, 0.15) is 6.33 Å². The molecular formula is C24H23N5O2. The van der Waals surface area contributed by atoms with E-state index in [0.717, 1.165) is 39.7 Å². The summed E-state index contributed by atoms with van der Waals surface area (Å²) in [5, 5.41) is 4.93. The lowest BCUT2D eigenvalue weighted by Crippen LogP contribution is -2.22. The van der Waals surface area contributed by atoms with Crippen LogP contribution in [0.3, 0.4) is 0 Å². The van der Waals surface area contributed by atoms with Gasteiger partial charge in [0, 0.05) is 36.1 Å². The van der Waals surface area contributed by atoms with Crippen molar-refractivity contribution in [3.05, 3.63) is 84.6 Å². The molecule has 7 heteroatoms. The molecule has 0 unspecified atom stereocenters. The Hall–Kier alpha value is -3.71. The molecule has 0 bridgehead atoms. The number of hydrogen-bond donors (Lipinski definition) is 0. The van der Waals surface area contributed by atoms with Crippen LogP contribution in [0.15, 0.2) is 73.3 Å². The van der Waals surface area contributed by atoms with Crippen LogP contribution in [0.2, 0.25) is 0 Å². The molecule has 0 saturated heterocycles. The zero-order valence-corrected chi connectivity index (χ0v) is 17.5. The number of para-hydroxylation sites is 1. The monoisotopic (exact) mass is 413 g/mol. The lowest BCUT2D eigenvalue weighted by molar-refractivity contribution is 0.174. The fourth-order valence-electron chi connectivity index (χ4n) is 3.70. The van der Waals surface area contributed by atoms with Crippen molar-refractivity contribution in [3.8, 4) is 28.4 Å². The summed E-state index contributed by atoms with van der Waals surface area (Å²) < 4.78 is 13.0. The van der Waals surface area contributed by atoms with Crippen molar-refractivity contribution in [2.75, 3.05) is 13.8 Å². The van der Waals surface area contributed by atoms with E-state index >= 15 is 0 Å². The van der Waals surface area contributed by atoms with Gasteiger partial charge >= 0.3 is 0 Å². The van der Waals surface area contributed by atoms with Crippen molar-refractivity contribution >= 4 is 0 Å². The van der Waals surface area contributed by atoms with Crippen LogP contribution in [0, 0.1) is 0 Å². The zero-order chi connectivity index (χ0) is 21.2. The summed E-state index contributed by atoms with van der Waals surface area (Å²) in [7, 11) is 2.09. The number of ether oxygens (including phenoxy) is 2. The predicted molar refractivity (Wildman–Crippen MR) is 117 cm³/mol. The summed E-state index contributed by atoms with van der Waals surface area (Å²) in [6.45, 7) is 3.11. The van der Waals surface area contributed by atoms with Gasteiger partial charge in [-0.3, -0.25) is 4.90 Å². The van der Waals surface area contributed by atoms with Crippen molar-refractivity contribution in [2.45, 2.75) is 19.5 Å². The SMILES string of the molecule is C[C@@H](c1ccncn1)N(C)Cc1cn(-c2ccccc2)nc1-c1ccc2c(c1)OCO2. The van der Waals surface area contributed by atoms with Crippen LogP contribution >= 0.6 is 0 Å². The number of fused-ring (bicyclic) bond motifs is 1. The topological polar surface area (TPSA) is 65.3 Å². The number of aromatic nitrogens is 4. The third kappa shape index (κ3) is 3.87. The Morgan fingerprint density at radius 3 is 2.71 bits per heavy atom. The van der Waals surface area contributed by atoms with Gasteiger partial charge in [-0.2, -0.15) is 5.10 Å². The minimum atomic E-state index is 0.132. The Kier molecular flexibility index (Phi) is 5.09. The highest BCUT2D eigenvalue weighted by Crippen LogP contribution is 2.37. The average Bonchev–Trinajstić information content (AvgIpc) is 3.46. The Morgan fingerprint density at radius 2 is 1.90 bits per heavy atom. The van der Waals surface area contributed by atoms with Crippen LogP contribution in [0.5, 0.6) is 11.5 Å². The van der Waals surface area contributed by atoms with E-state index in [4.69, 9.17) is 14.6 Å². The first-order chi connectivity index (χ1) is 15.2. The third-order valence-corrected chi connectivity index (χ3v) is 5.57. The fourth-order valence-corrected chi connectivity index (χ4v) is 3.70. The van der Waals surface area contributed by atoms with Crippen molar-refractivity contribution in [2.24, 2.45) is 0 Å². The fraction of sp³-hybridized carbons (Fsp3) is 0.208. The Labute approximate surface area is 180 Å². The Morgan fingerprint density at radius 1 is 1.06 bits per heavy atom. The zero-order valence-electron chi connectivity index (χ0n) is 17.5. The van der Waals surface area contributed by atoms with E-state index in [0.29, 0.717) is 6.54 Å². The highest BCUT2D eigenvalue weighted by atomic mass is 16.7. The molecule has 0 spiro atoms. The van der Waals surface area contributed by atoms with Crippen LogP contribution < -0.4 is 9.47 Å². The molecule has 0 N–H and O–H groups in total. The minimum absolute atomic E-state index is 0.132. The van der Waals surface area contributed by atoms with E-state index in [1.807, 2.05) is 59.3 Å². The second-order valence-corrected chi connectivity index (χ2v) is 7.58. The van der Waals surface area contributed by atoms with Gasteiger partial charge in [0.05, 0.1) is 17.1 Å². The Bertz CT molecular complexity index is 1180. The lowest BCUT2D eigenvalue weighted by Gasteiger charge is -2.24. The quantitative estimate of drug-likeness (QED) is 0.471. The molecule has 3 heterocycles. The van der Waals surface area contributed by atoms with Crippen molar-refractivity contribution in [1.82, 2.24) is 24.6 Å². The smallest absolute Gasteiger partial charge is 0.231 e. The molecule has 2 aromatic carbocycles. The van der Waals surface area contributed by atoms with Crippen LogP contribution in [-0.4, -0.2) is 38.5 Å². The molecule has 0 radical (unpaired) electrons. The molecule has 1 aliphatic rings. The van der Waals surface area contributed by atoms with Crippen LogP contribution in [0.1, 0.15) is 24.2 Å². The summed E-state index contributed by atoms with van der Waals surface area (Å²) in [6.07, 6.45) is 5.46. The van der Waals surface area contributed by atoms with E-state index in [2.05, 4.69) is 35.0 Å². The van der Waals surface area contributed by atoms with Gasteiger partial charge in [-0.15, -0.1) is 0 Å². The number of benzene rings is 2. The predicted octanol–water partition coefficient (Wildman–Crippen LogP) is 4.25. The number of hydrogen-bond acceptors (Lipinski definition) is 6. The molecule has 156 valence electrons. The van der Waals surface area contributed by atoms with Crippen LogP contribution in [-0.2, 0) is 6.54 Å². The van der Waals surface area contributed by atoms with E-state index < -0.39 is 0 Å². The molecule has 0 saturated carbocycles. The molecular weight excluding hydrogens is 390 g/mol. The van der Waals surface area contributed by atoms with E-state index in [1.54, 1.807) is 12.5 Å². The second-order valence-electron chi connectivity index (χ2n) is 7.58. The van der Waals surface area contributed by atoms with Gasteiger partial charge in [-0.1, -0.05) is 18.2 Å². The highest BCUT2D eigenvalue weighted by Gasteiger charge is 2.21. The summed E-state index contributed by atoms with van der Waals surface area (Å²) in [6, 6.07) is 18.2. The van der Waals surface area contributed by atoms with Gasteiger partial charge < -0.3 is 9.47 Å². The van der Waals surface area contributed by atoms with E-state index in [9.17, 15) is 0 Å². The van der Waals surface area contributed by atoms with E-state index in [-0.39, 0.29) is 12.8 Å². The number of rotatable bonds is 6. The molecule has 1 atom stereocenters. The summed E-state index contributed by atoms with van der Waals surface area (Å²) in [4.78, 5) is 10.7. The average molecular weight is 413 g/mol. The van der Waals surface area contributed by atoms with Crippen LogP contribution in [0.4, 0.5) is 0 Å². The molecule has 4 aromatic rings. The van der Waals surface area contributed by atoms with Gasteiger partial charge in [0.15, 0.2) is 11.5 Å². The maximum atomic E-state index is 5.59. The second kappa shape index (κ2) is 8.20. The summed E-state index contributed by atoms with van der Waals surface area (Å²) in [5.74, 6) is 1.52. The normalized spacial score (nSPS) is 13.5. The molecule has 1 aliphatic heterocycles. The van der Waals surface area contributed by atoms with Gasteiger partial charge in [-0.05, 0) is 50.4 Å². The molecule has 0 amide bonds. The standard InChI is InChI=1S/C24H23N5O2/c1-17(21-10-11-25-15-26-21)28(2)13-19-14-29(20-6-4-3-5-7-20)27-24(19)18-8-9-22-23(12-18)31-16-30-22/h3-12,14-15,17H,13,16H2,1-2H3/t17-/m0/s1. The molecule has 0 fully saturated rings. The molecule has 7 nitrogen and oxygen atoms in total. The molecule has 31 heavy (non-hydrogen) atoms. The van der Waals surface area contributed by atoms with Crippen molar-refractivity contribution in [1.29, 1.82) is 0 Å². The highest BCUT2D eigenvalue weighted by molar-refractivity contribution is 5.67. The maximum absolute atomic E-state index is 5.59. The summed E-state index contributed by atoms with van der Waals surface area (Å²) >= 11 is 0. The first-order valence-electron chi connectivity index (χ1n) is 10.2. The van der Waals surface area contributed by atoms with Gasteiger partial charge in [-0.25, -0.2) is 14.6 Å². The van der Waals surface area contributed by atoms with E-state index in [1.165, 1.54) is 0 Å². The first-order valence-corrected chi connectivity index (χ1v) is 10.2. The molecule has 5 rings (SSSR count). The van der Waals surface area contributed by atoms with Crippen LogP contribution in [0.25, 0.3) is 16.9 Å². The van der Waals surface area contributed by atoms with Crippen molar-refractivity contribution < 1.29 is 9.47 Å². The van der Waals surface area contributed by atoms with Gasteiger partial charge in [0.25, 0.3) is 0 Å². The Balaban J connectivity index is 1.51.